The van der Waals surface area contributed by atoms with Gasteiger partial charge >= 0.3 is 0 Å². The number of nitrogens with one attached hydrogen (secondary N) is 2. The zero-order valence-corrected chi connectivity index (χ0v) is 13.1. The predicted octanol–water partition coefficient (Wildman–Crippen LogP) is 1.03. The van der Waals surface area contributed by atoms with E-state index in [1.54, 1.807) is 0 Å². The number of carbonyl (C=O) groups excluding carboxylic acids is 1. The quantitative estimate of drug-likeness (QED) is 0.595. The maximum Gasteiger partial charge on any atom is 0.239 e. The maximum absolute atomic E-state index is 11.9. The molecule has 0 spiro atoms. The highest BCUT2D eigenvalue weighted by Crippen LogP contribution is 2.05. The molecule has 0 saturated heterocycles. The molecule has 0 saturated carbocycles. The lowest BCUT2D eigenvalue weighted by atomic mass is 10.1. The topological polar surface area (TPSA) is 76.4 Å². The normalized spacial score (nSPS) is 14.0. The largest absolute Gasteiger partial charge is 0.372 e. The van der Waals surface area contributed by atoms with Crippen LogP contribution >= 0.6 is 0 Å². The third-order valence-corrected chi connectivity index (χ3v) is 3.14. The molecule has 1 unspecified atom stereocenters. The fraction of sp³-hybridized carbons (Fsp3) is 0.562. The molecule has 1 amide bonds. The molecule has 21 heavy (non-hydrogen) atoms. The third kappa shape index (κ3) is 7.22. The standard InChI is InChI=1S/C16H27N3O2/c1-12(2)18-9-10-19-16(20)15(17)13(3)21-11-14-7-5-4-6-8-14/h4-8,12-13,15,18H,9-11,17H2,1-3H3,(H,19,20)/t13-,15?/m0/s1. The van der Waals surface area contributed by atoms with Crippen LogP contribution in [0.4, 0.5) is 0 Å². The molecule has 1 aromatic carbocycles. The van der Waals surface area contributed by atoms with Crippen molar-refractivity contribution < 1.29 is 9.53 Å². The Morgan fingerprint density at radius 2 is 1.86 bits per heavy atom. The first-order valence-corrected chi connectivity index (χ1v) is 7.43. The van der Waals surface area contributed by atoms with Gasteiger partial charge in [-0.25, -0.2) is 0 Å². The Balaban J connectivity index is 2.26. The monoisotopic (exact) mass is 293 g/mol. The minimum atomic E-state index is -0.659. The van der Waals surface area contributed by atoms with Crippen molar-refractivity contribution in [1.29, 1.82) is 0 Å². The van der Waals surface area contributed by atoms with Crippen LogP contribution in [0.5, 0.6) is 0 Å². The third-order valence-electron chi connectivity index (χ3n) is 3.14. The Kier molecular flexibility index (Phi) is 7.97. The number of hydrogen-bond acceptors (Lipinski definition) is 4. The average molecular weight is 293 g/mol. The van der Waals surface area contributed by atoms with Crippen molar-refractivity contribution in [3.63, 3.8) is 0 Å². The lowest BCUT2D eigenvalue weighted by molar-refractivity contribution is -0.125. The van der Waals surface area contributed by atoms with Crippen LogP contribution in [0, 0.1) is 0 Å². The van der Waals surface area contributed by atoms with E-state index >= 15 is 0 Å². The van der Waals surface area contributed by atoms with Crippen LogP contribution in [0.1, 0.15) is 26.3 Å². The lowest BCUT2D eigenvalue weighted by Crippen LogP contribution is -2.49. The van der Waals surface area contributed by atoms with Gasteiger partial charge in [0, 0.05) is 19.1 Å². The minimum absolute atomic E-state index is 0.180. The average Bonchev–Trinajstić information content (AvgIpc) is 2.49. The zero-order valence-electron chi connectivity index (χ0n) is 13.1. The van der Waals surface area contributed by atoms with Crippen molar-refractivity contribution in [2.24, 2.45) is 5.73 Å². The summed E-state index contributed by atoms with van der Waals surface area (Å²) in [5.74, 6) is -0.180. The van der Waals surface area contributed by atoms with Crippen LogP contribution in [0.2, 0.25) is 0 Å². The van der Waals surface area contributed by atoms with E-state index in [9.17, 15) is 4.79 Å². The predicted molar refractivity (Wildman–Crippen MR) is 84.8 cm³/mol. The number of ether oxygens (including phenoxy) is 1. The van der Waals surface area contributed by atoms with Gasteiger partial charge in [-0.2, -0.15) is 0 Å². The summed E-state index contributed by atoms with van der Waals surface area (Å²) in [6.45, 7) is 7.70. The van der Waals surface area contributed by atoms with Gasteiger partial charge in [0.1, 0.15) is 6.04 Å². The number of nitrogens with two attached hydrogens (primary N) is 1. The van der Waals surface area contributed by atoms with Gasteiger partial charge in [0.05, 0.1) is 12.7 Å². The first-order valence-electron chi connectivity index (χ1n) is 7.43. The van der Waals surface area contributed by atoms with Crippen molar-refractivity contribution in [3.05, 3.63) is 35.9 Å². The molecule has 5 nitrogen and oxygen atoms in total. The first-order chi connectivity index (χ1) is 10.0. The highest BCUT2D eigenvalue weighted by atomic mass is 16.5. The molecule has 0 heterocycles. The molecule has 0 aliphatic rings. The molecule has 0 fully saturated rings. The molecular formula is C16H27N3O2. The number of hydrogen-bond donors (Lipinski definition) is 3. The van der Waals surface area contributed by atoms with E-state index < -0.39 is 6.04 Å². The van der Waals surface area contributed by atoms with Gasteiger partial charge in [-0.3, -0.25) is 4.79 Å². The van der Waals surface area contributed by atoms with Crippen molar-refractivity contribution in [3.8, 4) is 0 Å². The minimum Gasteiger partial charge on any atom is -0.372 e. The van der Waals surface area contributed by atoms with Crippen molar-refractivity contribution in [2.45, 2.75) is 45.6 Å². The van der Waals surface area contributed by atoms with Crippen molar-refractivity contribution in [2.75, 3.05) is 13.1 Å². The smallest absolute Gasteiger partial charge is 0.239 e. The molecule has 0 aliphatic heterocycles. The van der Waals surface area contributed by atoms with Crippen LogP contribution in [-0.2, 0) is 16.1 Å². The van der Waals surface area contributed by atoms with Gasteiger partial charge in [-0.15, -0.1) is 0 Å². The Hall–Kier alpha value is -1.43. The molecule has 0 bridgehead atoms. The van der Waals surface area contributed by atoms with Crippen LogP contribution in [-0.4, -0.2) is 37.2 Å². The highest BCUT2D eigenvalue weighted by molar-refractivity contribution is 5.82. The number of rotatable bonds is 9. The fourth-order valence-corrected chi connectivity index (χ4v) is 1.78. The Morgan fingerprint density at radius 3 is 2.48 bits per heavy atom. The van der Waals surface area contributed by atoms with Crippen molar-refractivity contribution in [1.82, 2.24) is 10.6 Å². The van der Waals surface area contributed by atoms with E-state index in [4.69, 9.17) is 10.5 Å². The number of amides is 1. The summed E-state index contributed by atoms with van der Waals surface area (Å²) in [5, 5.41) is 6.04. The van der Waals surface area contributed by atoms with Gasteiger partial charge in [0.25, 0.3) is 0 Å². The van der Waals surface area contributed by atoms with E-state index in [0.29, 0.717) is 19.2 Å². The number of carbonyl (C=O) groups is 1. The van der Waals surface area contributed by atoms with Gasteiger partial charge in [0.15, 0.2) is 0 Å². The molecule has 118 valence electrons. The fourth-order valence-electron chi connectivity index (χ4n) is 1.78. The molecule has 0 aliphatic carbocycles. The summed E-state index contributed by atoms with van der Waals surface area (Å²) in [5.41, 5.74) is 6.98. The molecule has 4 N–H and O–H groups in total. The second kappa shape index (κ2) is 9.50. The molecule has 2 atom stereocenters. The molecule has 5 heteroatoms. The summed E-state index contributed by atoms with van der Waals surface area (Å²) in [6, 6.07) is 9.58. The van der Waals surface area contributed by atoms with E-state index in [1.165, 1.54) is 0 Å². The Bertz CT molecular complexity index is 409. The first kappa shape index (κ1) is 17.6. The molecule has 1 aromatic rings. The zero-order chi connectivity index (χ0) is 15.7. The Morgan fingerprint density at radius 1 is 1.19 bits per heavy atom. The van der Waals surface area contributed by atoms with E-state index in [1.807, 2.05) is 37.3 Å². The molecular weight excluding hydrogens is 266 g/mol. The summed E-state index contributed by atoms with van der Waals surface area (Å²) in [6.07, 6.45) is -0.330. The van der Waals surface area contributed by atoms with Crippen LogP contribution in [0.3, 0.4) is 0 Å². The second-order valence-corrected chi connectivity index (χ2v) is 5.43. The van der Waals surface area contributed by atoms with E-state index in [-0.39, 0.29) is 12.0 Å². The summed E-state index contributed by atoms with van der Waals surface area (Å²) in [7, 11) is 0. The van der Waals surface area contributed by atoms with Crippen molar-refractivity contribution >= 4 is 5.91 Å². The van der Waals surface area contributed by atoms with Crippen LogP contribution < -0.4 is 16.4 Å². The summed E-state index contributed by atoms with van der Waals surface area (Å²) in [4.78, 5) is 11.9. The van der Waals surface area contributed by atoms with Gasteiger partial charge in [-0.1, -0.05) is 44.2 Å². The Labute approximate surface area is 127 Å². The van der Waals surface area contributed by atoms with Gasteiger partial charge in [-0.05, 0) is 12.5 Å². The SMILES string of the molecule is CC(C)NCCNC(=O)C(N)[C@H](C)OCc1ccccc1. The molecule has 1 rings (SSSR count). The highest BCUT2D eigenvalue weighted by Gasteiger charge is 2.21. The van der Waals surface area contributed by atoms with Crippen LogP contribution in [0.25, 0.3) is 0 Å². The van der Waals surface area contributed by atoms with Gasteiger partial charge in [0.2, 0.25) is 5.91 Å². The summed E-state index contributed by atoms with van der Waals surface area (Å²) < 4.78 is 5.65. The van der Waals surface area contributed by atoms with E-state index in [2.05, 4.69) is 24.5 Å². The maximum atomic E-state index is 11.9. The number of benzene rings is 1. The van der Waals surface area contributed by atoms with E-state index in [0.717, 1.165) is 12.1 Å². The van der Waals surface area contributed by atoms with Crippen LogP contribution in [0.15, 0.2) is 30.3 Å². The molecule has 0 radical (unpaired) electrons. The molecule has 0 aromatic heterocycles. The summed E-state index contributed by atoms with van der Waals surface area (Å²) >= 11 is 0. The van der Waals surface area contributed by atoms with Gasteiger partial charge < -0.3 is 21.1 Å². The lowest BCUT2D eigenvalue weighted by Gasteiger charge is -2.20. The second-order valence-electron chi connectivity index (χ2n) is 5.43.